The molecule has 0 saturated heterocycles. The first-order valence-electron chi connectivity index (χ1n) is 4.75. The van der Waals surface area contributed by atoms with Gasteiger partial charge < -0.3 is 16.8 Å². The molecule has 1 aromatic rings. The van der Waals surface area contributed by atoms with Crippen molar-refractivity contribution in [1.29, 1.82) is 0 Å². The summed E-state index contributed by atoms with van der Waals surface area (Å²) in [4.78, 5) is 22.1. The molecule has 0 heterocycles. The Morgan fingerprint density at radius 2 is 1.71 bits per heavy atom. The standard InChI is InChI=1S/C11H12BrN3O2/c1-15-9(8(13)10(16)11(14)17)6-2-4-7(12)5-3-6/h2-5,15H,13H2,1H3,(H2,14,17). The van der Waals surface area contributed by atoms with Gasteiger partial charge in [-0.1, -0.05) is 28.1 Å². The van der Waals surface area contributed by atoms with Crippen molar-refractivity contribution >= 4 is 33.3 Å². The number of carbonyl (C=O) groups excluding carboxylic acids is 2. The highest BCUT2D eigenvalue weighted by molar-refractivity contribution is 9.10. The Hall–Kier alpha value is -1.82. The van der Waals surface area contributed by atoms with E-state index in [2.05, 4.69) is 21.2 Å². The van der Waals surface area contributed by atoms with Crippen LogP contribution < -0.4 is 16.8 Å². The number of halogens is 1. The molecule has 0 fully saturated rings. The van der Waals surface area contributed by atoms with Gasteiger partial charge in [-0.25, -0.2) is 0 Å². The van der Waals surface area contributed by atoms with E-state index in [4.69, 9.17) is 11.5 Å². The van der Waals surface area contributed by atoms with Crippen LogP contribution in [0.25, 0.3) is 5.70 Å². The van der Waals surface area contributed by atoms with Crippen molar-refractivity contribution in [3.05, 3.63) is 40.0 Å². The molecule has 90 valence electrons. The van der Waals surface area contributed by atoms with Crippen molar-refractivity contribution in [1.82, 2.24) is 5.32 Å². The molecule has 17 heavy (non-hydrogen) atoms. The number of Topliss-reactive ketones (excluding diaryl/α,β-unsaturated/α-hetero) is 1. The summed E-state index contributed by atoms with van der Waals surface area (Å²) in [5, 5.41) is 2.78. The number of nitrogens with one attached hydrogen (secondary N) is 1. The van der Waals surface area contributed by atoms with Gasteiger partial charge in [-0.15, -0.1) is 0 Å². The third kappa shape index (κ3) is 3.07. The average molecular weight is 298 g/mol. The van der Waals surface area contributed by atoms with E-state index < -0.39 is 11.7 Å². The first kappa shape index (κ1) is 13.2. The van der Waals surface area contributed by atoms with E-state index >= 15 is 0 Å². The second kappa shape index (κ2) is 5.49. The van der Waals surface area contributed by atoms with E-state index in [0.29, 0.717) is 11.3 Å². The van der Waals surface area contributed by atoms with Gasteiger partial charge in [0.1, 0.15) is 5.70 Å². The van der Waals surface area contributed by atoms with Crippen molar-refractivity contribution in [3.63, 3.8) is 0 Å². The Kier molecular flexibility index (Phi) is 4.28. The van der Waals surface area contributed by atoms with Gasteiger partial charge in [0.15, 0.2) is 0 Å². The molecule has 0 aliphatic heterocycles. The fraction of sp³-hybridized carbons (Fsp3) is 0.0909. The number of ketones is 1. The zero-order valence-electron chi connectivity index (χ0n) is 9.16. The Labute approximate surface area is 107 Å². The minimum Gasteiger partial charge on any atom is -0.394 e. The molecule has 1 rings (SSSR count). The number of benzene rings is 1. The van der Waals surface area contributed by atoms with E-state index in [1.807, 2.05) is 0 Å². The van der Waals surface area contributed by atoms with Gasteiger partial charge in [0.25, 0.3) is 11.7 Å². The molecule has 0 saturated carbocycles. The molecule has 5 nitrogen and oxygen atoms in total. The molecular weight excluding hydrogens is 286 g/mol. The van der Waals surface area contributed by atoms with Crippen LogP contribution in [0.15, 0.2) is 34.4 Å². The SMILES string of the molecule is CNC(=C(N)C(=O)C(N)=O)c1ccc(Br)cc1. The zero-order chi connectivity index (χ0) is 13.0. The van der Waals surface area contributed by atoms with Crippen molar-refractivity contribution < 1.29 is 9.59 Å². The highest BCUT2D eigenvalue weighted by Crippen LogP contribution is 2.17. The van der Waals surface area contributed by atoms with Gasteiger partial charge in [0.05, 0.1) is 5.70 Å². The van der Waals surface area contributed by atoms with Crippen molar-refractivity contribution in [2.75, 3.05) is 7.05 Å². The largest absolute Gasteiger partial charge is 0.394 e. The molecule has 6 heteroatoms. The summed E-state index contributed by atoms with van der Waals surface area (Å²) in [6.45, 7) is 0. The maximum atomic E-state index is 11.4. The molecule has 0 aliphatic rings. The fourth-order valence-corrected chi connectivity index (χ4v) is 1.56. The van der Waals surface area contributed by atoms with E-state index in [-0.39, 0.29) is 5.70 Å². The summed E-state index contributed by atoms with van der Waals surface area (Å²) in [7, 11) is 1.61. The van der Waals surface area contributed by atoms with Gasteiger partial charge in [0.2, 0.25) is 0 Å². The number of carbonyl (C=O) groups is 2. The monoisotopic (exact) mass is 297 g/mol. The molecular formula is C11H12BrN3O2. The first-order valence-corrected chi connectivity index (χ1v) is 5.54. The lowest BCUT2D eigenvalue weighted by atomic mass is 10.1. The van der Waals surface area contributed by atoms with Crippen LogP contribution in [0.4, 0.5) is 0 Å². The molecule has 0 unspecified atom stereocenters. The van der Waals surface area contributed by atoms with Crippen LogP contribution in [0.3, 0.4) is 0 Å². The quantitative estimate of drug-likeness (QED) is 0.552. The maximum Gasteiger partial charge on any atom is 0.291 e. The Bertz CT molecular complexity index is 480. The minimum absolute atomic E-state index is 0.192. The lowest BCUT2D eigenvalue weighted by Gasteiger charge is -2.10. The number of hydrogen-bond acceptors (Lipinski definition) is 4. The van der Waals surface area contributed by atoms with Crippen molar-refractivity contribution in [2.45, 2.75) is 0 Å². The van der Waals surface area contributed by atoms with Crippen LogP contribution >= 0.6 is 15.9 Å². The third-order valence-corrected chi connectivity index (χ3v) is 2.65. The lowest BCUT2D eigenvalue weighted by molar-refractivity contribution is -0.133. The normalized spacial score (nSPS) is 11.6. The predicted octanol–water partition coefficient (Wildman–Crippen LogP) is 0.350. The predicted molar refractivity (Wildman–Crippen MR) is 68.5 cm³/mol. The van der Waals surface area contributed by atoms with Gasteiger partial charge in [0, 0.05) is 11.5 Å². The number of hydrogen-bond donors (Lipinski definition) is 3. The topological polar surface area (TPSA) is 98.2 Å². The summed E-state index contributed by atoms with van der Waals surface area (Å²) in [5.41, 5.74) is 11.4. The van der Waals surface area contributed by atoms with Crippen LogP contribution in [-0.2, 0) is 9.59 Å². The molecule has 0 bridgehead atoms. The van der Waals surface area contributed by atoms with Crippen LogP contribution in [0.1, 0.15) is 5.56 Å². The van der Waals surface area contributed by atoms with Gasteiger partial charge in [-0.3, -0.25) is 9.59 Å². The summed E-state index contributed by atoms with van der Waals surface area (Å²) in [6.07, 6.45) is 0. The number of primary amides is 1. The number of amides is 1. The number of rotatable bonds is 4. The van der Waals surface area contributed by atoms with Crippen LogP contribution in [0.5, 0.6) is 0 Å². The van der Waals surface area contributed by atoms with E-state index in [0.717, 1.165) is 4.47 Å². The van der Waals surface area contributed by atoms with Gasteiger partial charge in [-0.05, 0) is 17.7 Å². The number of nitrogens with two attached hydrogens (primary N) is 2. The molecule has 0 aromatic heterocycles. The van der Waals surface area contributed by atoms with Crippen LogP contribution in [-0.4, -0.2) is 18.7 Å². The van der Waals surface area contributed by atoms with Crippen LogP contribution in [0, 0.1) is 0 Å². The van der Waals surface area contributed by atoms with Gasteiger partial charge >= 0.3 is 0 Å². The average Bonchev–Trinajstić information content (AvgIpc) is 2.31. The van der Waals surface area contributed by atoms with E-state index in [9.17, 15) is 9.59 Å². The van der Waals surface area contributed by atoms with Crippen LogP contribution in [0.2, 0.25) is 0 Å². The van der Waals surface area contributed by atoms with Gasteiger partial charge in [-0.2, -0.15) is 0 Å². The van der Waals surface area contributed by atoms with Crippen molar-refractivity contribution in [3.8, 4) is 0 Å². The lowest BCUT2D eigenvalue weighted by Crippen LogP contribution is -2.30. The highest BCUT2D eigenvalue weighted by atomic mass is 79.9. The second-order valence-corrected chi connectivity index (χ2v) is 4.15. The molecule has 0 atom stereocenters. The fourth-order valence-electron chi connectivity index (χ4n) is 1.30. The molecule has 1 amide bonds. The van der Waals surface area contributed by atoms with E-state index in [1.54, 1.807) is 31.3 Å². The first-order chi connectivity index (χ1) is 7.97. The second-order valence-electron chi connectivity index (χ2n) is 3.24. The minimum atomic E-state index is -1.08. The summed E-state index contributed by atoms with van der Waals surface area (Å²) in [6, 6.07) is 7.12. The molecule has 5 N–H and O–H groups in total. The molecule has 0 spiro atoms. The maximum absolute atomic E-state index is 11.4. The Morgan fingerprint density at radius 3 is 2.12 bits per heavy atom. The third-order valence-electron chi connectivity index (χ3n) is 2.12. The summed E-state index contributed by atoms with van der Waals surface area (Å²) in [5.74, 6) is -1.98. The summed E-state index contributed by atoms with van der Waals surface area (Å²) >= 11 is 3.30. The van der Waals surface area contributed by atoms with Crippen molar-refractivity contribution in [2.24, 2.45) is 11.5 Å². The molecule has 0 radical (unpaired) electrons. The zero-order valence-corrected chi connectivity index (χ0v) is 10.7. The molecule has 0 aliphatic carbocycles. The Balaban J connectivity index is 3.22. The summed E-state index contributed by atoms with van der Waals surface area (Å²) < 4.78 is 0.900. The van der Waals surface area contributed by atoms with E-state index in [1.165, 1.54) is 0 Å². The smallest absolute Gasteiger partial charge is 0.291 e. The molecule has 1 aromatic carbocycles. The highest BCUT2D eigenvalue weighted by Gasteiger charge is 2.17. The Morgan fingerprint density at radius 1 is 1.18 bits per heavy atom.